The molecule has 1 aliphatic heterocycles. The molecule has 1 aromatic heterocycles. The lowest BCUT2D eigenvalue weighted by Crippen LogP contribution is -2.37. The molecule has 5 nitrogen and oxygen atoms in total. The summed E-state index contributed by atoms with van der Waals surface area (Å²) in [6.45, 7) is 0. The minimum Gasteiger partial charge on any atom is -0.338 e. The van der Waals surface area contributed by atoms with E-state index < -0.39 is 9.84 Å². The fourth-order valence-electron chi connectivity index (χ4n) is 1.94. The molecule has 1 unspecified atom stereocenters. The van der Waals surface area contributed by atoms with Gasteiger partial charge in [0.25, 0.3) is 5.91 Å². The number of carbonyl (C=O) groups excluding carboxylic acids is 1. The maximum atomic E-state index is 12.0. The van der Waals surface area contributed by atoms with Crippen molar-refractivity contribution in [2.45, 2.75) is 12.5 Å². The highest BCUT2D eigenvalue weighted by atomic mass is 32.2. The molecule has 1 saturated heterocycles. The third kappa shape index (κ3) is 2.63. The topological polar surface area (TPSA) is 67.3 Å². The van der Waals surface area contributed by atoms with E-state index in [1.807, 2.05) is 0 Å². The Bertz CT molecular complexity index is 513. The molecule has 0 bridgehead atoms. The number of carbonyl (C=O) groups is 1. The summed E-state index contributed by atoms with van der Waals surface area (Å²) < 4.78 is 22.7. The summed E-state index contributed by atoms with van der Waals surface area (Å²) in [7, 11) is -1.33. The van der Waals surface area contributed by atoms with Crippen molar-refractivity contribution in [2.24, 2.45) is 0 Å². The molecule has 1 amide bonds. The van der Waals surface area contributed by atoms with Crippen molar-refractivity contribution < 1.29 is 13.2 Å². The molecular weight excluding hydrogens is 240 g/mol. The molecule has 0 N–H and O–H groups in total. The molecule has 1 fully saturated rings. The monoisotopic (exact) mass is 254 g/mol. The number of hydrogen-bond acceptors (Lipinski definition) is 4. The van der Waals surface area contributed by atoms with Gasteiger partial charge >= 0.3 is 0 Å². The van der Waals surface area contributed by atoms with Gasteiger partial charge in [-0.25, -0.2) is 8.42 Å². The maximum absolute atomic E-state index is 12.0. The standard InChI is InChI=1S/C11H14N2O3S/c1-13(10-4-6-17(15,16)8-10)11(14)9-3-2-5-12-7-9/h2-3,5,7,10H,4,6,8H2,1H3. The van der Waals surface area contributed by atoms with Crippen molar-refractivity contribution in [1.82, 2.24) is 9.88 Å². The number of sulfone groups is 1. The molecule has 17 heavy (non-hydrogen) atoms. The lowest BCUT2D eigenvalue weighted by molar-refractivity contribution is 0.0747. The van der Waals surface area contributed by atoms with Crippen molar-refractivity contribution in [1.29, 1.82) is 0 Å². The van der Waals surface area contributed by atoms with Crippen molar-refractivity contribution in [2.75, 3.05) is 18.6 Å². The number of aromatic nitrogens is 1. The highest BCUT2D eigenvalue weighted by Gasteiger charge is 2.32. The molecule has 0 radical (unpaired) electrons. The van der Waals surface area contributed by atoms with E-state index in [-0.39, 0.29) is 23.5 Å². The average Bonchev–Trinajstić information content (AvgIpc) is 2.69. The van der Waals surface area contributed by atoms with Crippen LogP contribution in [0.15, 0.2) is 24.5 Å². The van der Waals surface area contributed by atoms with E-state index in [0.29, 0.717) is 12.0 Å². The lowest BCUT2D eigenvalue weighted by Gasteiger charge is -2.23. The summed E-state index contributed by atoms with van der Waals surface area (Å²) in [5.41, 5.74) is 0.485. The van der Waals surface area contributed by atoms with Crippen LogP contribution in [0.25, 0.3) is 0 Å². The smallest absolute Gasteiger partial charge is 0.255 e. The quantitative estimate of drug-likeness (QED) is 0.763. The fourth-order valence-corrected chi connectivity index (χ4v) is 3.71. The molecule has 1 aromatic rings. The zero-order valence-electron chi connectivity index (χ0n) is 9.54. The summed E-state index contributed by atoms with van der Waals surface area (Å²) in [5, 5.41) is 0. The molecule has 0 aliphatic carbocycles. The van der Waals surface area contributed by atoms with E-state index in [0.717, 1.165) is 0 Å². The molecule has 6 heteroatoms. The van der Waals surface area contributed by atoms with Crippen LogP contribution >= 0.6 is 0 Å². The second kappa shape index (κ2) is 4.44. The third-order valence-electron chi connectivity index (χ3n) is 2.98. The number of nitrogens with zero attached hydrogens (tertiary/aromatic N) is 2. The Labute approximate surface area is 100 Å². The SMILES string of the molecule is CN(C(=O)c1cccnc1)C1CCS(=O)(=O)C1. The predicted molar refractivity (Wildman–Crippen MR) is 63.4 cm³/mol. The number of amides is 1. The minimum absolute atomic E-state index is 0.0650. The highest BCUT2D eigenvalue weighted by molar-refractivity contribution is 7.91. The van der Waals surface area contributed by atoms with Crippen LogP contribution in [0.5, 0.6) is 0 Å². The number of pyridine rings is 1. The van der Waals surface area contributed by atoms with Gasteiger partial charge in [0, 0.05) is 25.5 Å². The van der Waals surface area contributed by atoms with Gasteiger partial charge in [-0.05, 0) is 18.6 Å². The van der Waals surface area contributed by atoms with Gasteiger partial charge in [-0.3, -0.25) is 9.78 Å². The van der Waals surface area contributed by atoms with E-state index in [1.165, 1.54) is 11.1 Å². The normalized spacial score (nSPS) is 22.3. The zero-order valence-corrected chi connectivity index (χ0v) is 10.4. The summed E-state index contributed by atoms with van der Waals surface area (Å²) in [6.07, 6.45) is 3.60. The lowest BCUT2D eigenvalue weighted by atomic mass is 10.2. The first kappa shape index (κ1) is 12.0. The van der Waals surface area contributed by atoms with E-state index in [2.05, 4.69) is 4.98 Å². The second-order valence-corrected chi connectivity index (χ2v) is 6.44. The van der Waals surface area contributed by atoms with Crippen LogP contribution in [0.4, 0.5) is 0 Å². The largest absolute Gasteiger partial charge is 0.338 e. The van der Waals surface area contributed by atoms with Gasteiger partial charge in [-0.15, -0.1) is 0 Å². The highest BCUT2D eigenvalue weighted by Crippen LogP contribution is 2.18. The Morgan fingerprint density at radius 1 is 1.53 bits per heavy atom. The van der Waals surface area contributed by atoms with Crippen molar-refractivity contribution >= 4 is 15.7 Å². The first-order chi connectivity index (χ1) is 7.99. The van der Waals surface area contributed by atoms with Crippen LogP contribution in [-0.4, -0.2) is 48.8 Å². The molecule has 0 saturated carbocycles. The van der Waals surface area contributed by atoms with Crippen LogP contribution in [0, 0.1) is 0 Å². The van der Waals surface area contributed by atoms with Gasteiger partial charge in [0.1, 0.15) is 0 Å². The summed E-state index contributed by atoms with van der Waals surface area (Å²) in [5.74, 6) is 0.0536. The average molecular weight is 254 g/mol. The molecule has 2 heterocycles. The van der Waals surface area contributed by atoms with Crippen LogP contribution in [-0.2, 0) is 9.84 Å². The Hall–Kier alpha value is -1.43. The van der Waals surface area contributed by atoms with Crippen molar-refractivity contribution in [3.05, 3.63) is 30.1 Å². The maximum Gasteiger partial charge on any atom is 0.255 e. The Kier molecular flexibility index (Phi) is 3.15. The van der Waals surface area contributed by atoms with Gasteiger partial charge in [0.2, 0.25) is 0 Å². The van der Waals surface area contributed by atoms with Crippen LogP contribution in [0.1, 0.15) is 16.8 Å². The van der Waals surface area contributed by atoms with Gasteiger partial charge in [-0.1, -0.05) is 0 Å². The predicted octanol–water partition coefficient (Wildman–Crippen LogP) is 0.341. The Balaban J connectivity index is 2.11. The number of rotatable bonds is 2. The van der Waals surface area contributed by atoms with Crippen LogP contribution in [0.3, 0.4) is 0 Å². The third-order valence-corrected chi connectivity index (χ3v) is 4.74. The second-order valence-electron chi connectivity index (χ2n) is 4.21. The van der Waals surface area contributed by atoms with Gasteiger partial charge < -0.3 is 4.90 Å². The van der Waals surface area contributed by atoms with Gasteiger partial charge in [0.15, 0.2) is 9.84 Å². The molecule has 92 valence electrons. The van der Waals surface area contributed by atoms with Gasteiger partial charge in [-0.2, -0.15) is 0 Å². The van der Waals surface area contributed by atoms with E-state index >= 15 is 0 Å². The minimum atomic E-state index is -2.97. The summed E-state index contributed by atoms with van der Waals surface area (Å²) in [6, 6.07) is 3.15. The van der Waals surface area contributed by atoms with Crippen LogP contribution in [0.2, 0.25) is 0 Å². The summed E-state index contributed by atoms with van der Waals surface area (Å²) >= 11 is 0. The van der Waals surface area contributed by atoms with E-state index in [9.17, 15) is 13.2 Å². The first-order valence-electron chi connectivity index (χ1n) is 5.37. The first-order valence-corrected chi connectivity index (χ1v) is 7.19. The fraction of sp³-hybridized carbons (Fsp3) is 0.455. The summed E-state index contributed by atoms with van der Waals surface area (Å²) in [4.78, 5) is 17.4. The Morgan fingerprint density at radius 3 is 2.82 bits per heavy atom. The van der Waals surface area contributed by atoms with Crippen molar-refractivity contribution in [3.63, 3.8) is 0 Å². The molecule has 0 aromatic carbocycles. The molecule has 1 atom stereocenters. The van der Waals surface area contributed by atoms with Crippen molar-refractivity contribution in [3.8, 4) is 0 Å². The number of hydrogen-bond donors (Lipinski definition) is 0. The molecule has 2 rings (SSSR count). The molecule has 0 spiro atoms. The van der Waals surface area contributed by atoms with Crippen LogP contribution < -0.4 is 0 Å². The van der Waals surface area contributed by atoms with E-state index in [1.54, 1.807) is 25.4 Å². The van der Waals surface area contributed by atoms with Gasteiger partial charge in [0.05, 0.1) is 17.1 Å². The molecular formula is C11H14N2O3S. The Morgan fingerprint density at radius 2 is 2.29 bits per heavy atom. The van der Waals surface area contributed by atoms with E-state index in [4.69, 9.17) is 0 Å². The zero-order chi connectivity index (χ0) is 12.5. The molecule has 1 aliphatic rings.